The van der Waals surface area contributed by atoms with Crippen LogP contribution in [0.4, 0.5) is 0 Å². The summed E-state index contributed by atoms with van der Waals surface area (Å²) in [5.74, 6) is -2.58. The molecule has 0 N–H and O–H groups in total. The molecule has 1 aliphatic heterocycles. The van der Waals surface area contributed by atoms with Crippen molar-refractivity contribution >= 4 is 30.2 Å². The summed E-state index contributed by atoms with van der Waals surface area (Å²) < 4.78 is 32.5. The van der Waals surface area contributed by atoms with Crippen LogP contribution in [0.5, 0.6) is 5.75 Å². The molecule has 1 heterocycles. The number of esters is 4. The van der Waals surface area contributed by atoms with Crippen molar-refractivity contribution in [2.75, 3.05) is 6.61 Å². The third-order valence-corrected chi connectivity index (χ3v) is 4.22. The van der Waals surface area contributed by atoms with Gasteiger partial charge in [-0.25, -0.2) is 0 Å². The number of carbonyl (C=O) groups excluding carboxylic acids is 5. The molecular weight excluding hydrogens is 428 g/mol. The molecule has 1 saturated heterocycles. The van der Waals surface area contributed by atoms with Crippen LogP contribution in [0, 0.1) is 0 Å². The number of aldehydes is 1. The van der Waals surface area contributed by atoms with E-state index in [2.05, 4.69) is 0 Å². The van der Waals surface area contributed by atoms with Crippen molar-refractivity contribution in [3.8, 4) is 5.75 Å². The molecule has 0 spiro atoms. The Kier molecular flexibility index (Phi) is 8.71. The Balaban J connectivity index is 2.43. The second-order valence-corrected chi connectivity index (χ2v) is 6.87. The van der Waals surface area contributed by atoms with E-state index in [0.29, 0.717) is 11.8 Å². The van der Waals surface area contributed by atoms with Gasteiger partial charge in [-0.15, -0.1) is 0 Å². The maximum atomic E-state index is 11.8. The summed E-state index contributed by atoms with van der Waals surface area (Å²) in [5.41, 5.74) is 0.402. The average Bonchev–Trinajstić information content (AvgIpc) is 2.70. The molecule has 1 aliphatic rings. The zero-order valence-corrected chi connectivity index (χ0v) is 18.0. The molecule has 5 atom stereocenters. The molecule has 0 amide bonds. The second kappa shape index (κ2) is 11.2. The van der Waals surface area contributed by atoms with Crippen LogP contribution < -0.4 is 4.74 Å². The first-order chi connectivity index (χ1) is 15.1. The first-order valence-corrected chi connectivity index (χ1v) is 9.63. The Morgan fingerprint density at radius 2 is 1.34 bits per heavy atom. The molecule has 0 radical (unpaired) electrons. The van der Waals surface area contributed by atoms with Gasteiger partial charge in [0.25, 0.3) is 0 Å². The third-order valence-electron chi connectivity index (χ3n) is 4.22. The summed E-state index contributed by atoms with van der Waals surface area (Å²) in [6.45, 7) is 4.21. The van der Waals surface area contributed by atoms with Gasteiger partial charge in [-0.3, -0.25) is 24.0 Å². The van der Waals surface area contributed by atoms with Gasteiger partial charge in [-0.05, 0) is 24.3 Å². The van der Waals surface area contributed by atoms with Gasteiger partial charge in [-0.2, -0.15) is 0 Å². The lowest BCUT2D eigenvalue weighted by atomic mass is 9.98. The van der Waals surface area contributed by atoms with Crippen molar-refractivity contribution in [2.24, 2.45) is 0 Å². The maximum Gasteiger partial charge on any atom is 0.303 e. The van der Waals surface area contributed by atoms with Gasteiger partial charge in [0, 0.05) is 33.3 Å². The number of hydrogen-bond donors (Lipinski definition) is 0. The second-order valence-electron chi connectivity index (χ2n) is 6.87. The highest BCUT2D eigenvalue weighted by atomic mass is 16.7. The van der Waals surface area contributed by atoms with E-state index in [1.807, 2.05) is 0 Å². The summed E-state index contributed by atoms with van der Waals surface area (Å²) in [6, 6.07) is 5.96. The van der Waals surface area contributed by atoms with Crippen molar-refractivity contribution in [2.45, 2.75) is 58.4 Å². The standard InChI is InChI=1S/C21H24O11/c1-11(23)27-10-17-18(28-12(2)24)19(29-13(3)25)20(30-14(4)26)21(32-17)31-16-7-5-15(9-22)6-8-16/h5-9,17-21H,10H2,1-4H3/t17?,18-,19-,20?,21+/m0/s1. The molecule has 1 aromatic carbocycles. The molecule has 2 unspecified atom stereocenters. The zero-order valence-electron chi connectivity index (χ0n) is 18.0. The van der Waals surface area contributed by atoms with E-state index < -0.39 is 54.6 Å². The van der Waals surface area contributed by atoms with Gasteiger partial charge in [0.2, 0.25) is 12.4 Å². The first kappa shape index (κ1) is 24.8. The van der Waals surface area contributed by atoms with E-state index >= 15 is 0 Å². The topological polar surface area (TPSA) is 141 Å². The van der Waals surface area contributed by atoms with Crippen molar-refractivity contribution < 1.29 is 52.4 Å². The van der Waals surface area contributed by atoms with Gasteiger partial charge < -0.3 is 28.4 Å². The van der Waals surface area contributed by atoms with Crippen LogP contribution in [0.1, 0.15) is 38.1 Å². The molecule has 0 saturated carbocycles. The normalized spacial score (nSPS) is 24.6. The van der Waals surface area contributed by atoms with E-state index in [-0.39, 0.29) is 12.4 Å². The Hall–Kier alpha value is -3.47. The monoisotopic (exact) mass is 452 g/mol. The van der Waals surface area contributed by atoms with E-state index in [1.165, 1.54) is 31.2 Å². The van der Waals surface area contributed by atoms with E-state index in [4.69, 9.17) is 28.4 Å². The number of hydrogen-bond acceptors (Lipinski definition) is 11. The molecule has 0 bridgehead atoms. The number of carbonyl (C=O) groups is 5. The molecule has 32 heavy (non-hydrogen) atoms. The van der Waals surface area contributed by atoms with Crippen LogP contribution in [0.2, 0.25) is 0 Å². The summed E-state index contributed by atoms with van der Waals surface area (Å²) in [7, 11) is 0. The highest BCUT2D eigenvalue weighted by Crippen LogP contribution is 2.31. The molecule has 1 aromatic rings. The maximum absolute atomic E-state index is 11.8. The van der Waals surface area contributed by atoms with E-state index in [0.717, 1.165) is 20.8 Å². The van der Waals surface area contributed by atoms with E-state index in [9.17, 15) is 24.0 Å². The Morgan fingerprint density at radius 3 is 1.84 bits per heavy atom. The third kappa shape index (κ3) is 7.05. The van der Waals surface area contributed by atoms with E-state index in [1.54, 1.807) is 0 Å². The van der Waals surface area contributed by atoms with Crippen LogP contribution in [-0.4, -0.2) is 67.5 Å². The molecule has 11 nitrogen and oxygen atoms in total. The lowest BCUT2D eigenvalue weighted by molar-refractivity contribution is -0.288. The molecule has 11 heteroatoms. The molecule has 0 aliphatic carbocycles. The lowest BCUT2D eigenvalue weighted by Gasteiger charge is -2.43. The molecular formula is C21H24O11. The highest BCUT2D eigenvalue weighted by molar-refractivity contribution is 5.74. The summed E-state index contributed by atoms with van der Waals surface area (Å²) in [5, 5.41) is 0. The van der Waals surface area contributed by atoms with Crippen LogP contribution >= 0.6 is 0 Å². The Morgan fingerprint density at radius 1 is 0.812 bits per heavy atom. The van der Waals surface area contributed by atoms with Crippen LogP contribution in [0.15, 0.2) is 24.3 Å². The summed E-state index contributed by atoms with van der Waals surface area (Å²) >= 11 is 0. The fourth-order valence-electron chi connectivity index (χ4n) is 3.04. The van der Waals surface area contributed by atoms with Crippen molar-refractivity contribution in [3.05, 3.63) is 29.8 Å². The largest absolute Gasteiger partial charge is 0.463 e. The van der Waals surface area contributed by atoms with Gasteiger partial charge in [0.05, 0.1) is 0 Å². The minimum atomic E-state index is -1.34. The predicted octanol–water partition coefficient (Wildman–Crippen LogP) is 0.961. The van der Waals surface area contributed by atoms with Crippen LogP contribution in [0.25, 0.3) is 0 Å². The minimum Gasteiger partial charge on any atom is -0.463 e. The van der Waals surface area contributed by atoms with Gasteiger partial charge in [0.15, 0.2) is 12.2 Å². The van der Waals surface area contributed by atoms with Crippen molar-refractivity contribution in [1.29, 1.82) is 0 Å². The Bertz CT molecular complexity index is 848. The lowest BCUT2D eigenvalue weighted by Crippen LogP contribution is -2.63. The number of ether oxygens (including phenoxy) is 6. The minimum absolute atomic E-state index is 0.247. The molecule has 1 fully saturated rings. The van der Waals surface area contributed by atoms with Crippen molar-refractivity contribution in [1.82, 2.24) is 0 Å². The zero-order chi connectivity index (χ0) is 23.8. The number of rotatable bonds is 8. The first-order valence-electron chi connectivity index (χ1n) is 9.63. The van der Waals surface area contributed by atoms with Crippen molar-refractivity contribution in [3.63, 3.8) is 0 Å². The fourth-order valence-corrected chi connectivity index (χ4v) is 3.04. The molecule has 0 aromatic heterocycles. The smallest absolute Gasteiger partial charge is 0.303 e. The average molecular weight is 452 g/mol. The summed E-state index contributed by atoms with van der Waals surface area (Å²) in [6.07, 6.45) is -5.72. The Labute approximate surface area is 183 Å². The van der Waals surface area contributed by atoms with Gasteiger partial charge in [0.1, 0.15) is 24.7 Å². The quantitative estimate of drug-likeness (QED) is 0.316. The van der Waals surface area contributed by atoms with Crippen LogP contribution in [0.3, 0.4) is 0 Å². The predicted molar refractivity (Wildman–Crippen MR) is 104 cm³/mol. The van der Waals surface area contributed by atoms with Crippen LogP contribution in [-0.2, 0) is 42.9 Å². The fraction of sp³-hybridized carbons (Fsp3) is 0.476. The number of benzene rings is 1. The highest BCUT2D eigenvalue weighted by Gasteiger charge is 2.53. The van der Waals surface area contributed by atoms with Gasteiger partial charge >= 0.3 is 23.9 Å². The summed E-state index contributed by atoms with van der Waals surface area (Å²) in [4.78, 5) is 57.4. The SMILES string of the molecule is CC(=O)OCC1O[C@@H](Oc2ccc(C=O)cc2)C(OC(C)=O)[C@@H](OC(C)=O)[C@H]1OC(C)=O. The molecule has 2 rings (SSSR count). The van der Waals surface area contributed by atoms with Gasteiger partial charge in [-0.1, -0.05) is 0 Å². The molecule has 174 valence electrons.